The van der Waals surface area contributed by atoms with Crippen molar-refractivity contribution in [3.63, 3.8) is 0 Å². The van der Waals surface area contributed by atoms with Crippen LogP contribution in [0.2, 0.25) is 0 Å². The zero-order valence-corrected chi connectivity index (χ0v) is 58.3. The summed E-state index contributed by atoms with van der Waals surface area (Å²) in [4.78, 5) is 92.4. The minimum atomic E-state index is -1.93. The molecule has 4 bridgehead atoms. The molecule has 4 saturated carbocycles. The van der Waals surface area contributed by atoms with Gasteiger partial charge < -0.3 is 86.3 Å². The van der Waals surface area contributed by atoms with Gasteiger partial charge in [-0.1, -0.05) is 69.4 Å². The molecule has 101 heavy (non-hydrogen) atoms. The Kier molecular flexibility index (Phi) is 22.1. The van der Waals surface area contributed by atoms with Crippen molar-refractivity contribution in [1.82, 2.24) is 30.0 Å². The van der Waals surface area contributed by atoms with E-state index in [0.29, 0.717) is 71.2 Å². The van der Waals surface area contributed by atoms with Crippen LogP contribution in [-0.4, -0.2) is 206 Å². The van der Waals surface area contributed by atoms with Crippen molar-refractivity contribution in [2.24, 2.45) is 27.9 Å². The van der Waals surface area contributed by atoms with Crippen LogP contribution in [-0.2, 0) is 61.1 Å². The number of carbonyl (C=O) groups excluding carboxylic acids is 4. The van der Waals surface area contributed by atoms with Gasteiger partial charge in [-0.25, -0.2) is 24.4 Å². The Hall–Kier alpha value is -8.07. The third-order valence-corrected chi connectivity index (χ3v) is 21.9. The number of fused-ring (bicyclic) bond motifs is 2. The van der Waals surface area contributed by atoms with E-state index >= 15 is 0 Å². The first-order valence-electron chi connectivity index (χ1n) is 34.3. The number of amides is 4. The molecule has 14 N–H and O–H groups in total. The number of hydrogen-bond acceptors (Lipinski definition) is 22. The van der Waals surface area contributed by atoms with Gasteiger partial charge in [-0.2, -0.15) is 5.10 Å². The van der Waals surface area contributed by atoms with E-state index in [1.165, 1.54) is 29.2 Å². The third kappa shape index (κ3) is 16.2. The number of thiazole rings is 1. The standard InChI is InChI=1S/C72H92N10O18S/c1-38(2)55(73)64(92)75-39(3)62(90)76-44-16-14-43(42(26-44)15-18-52-58(87)59(88)60(89)61(100-52)66(95)96)30-98-68(97)80(23-21-50(84)57(86)51(85)29-83)24-25-99-72-34-69(5)31-70(6,35-72)33-71(32-69,36-72)37-82-40(4)47(27-74-82)45-17-19-54(78-56(45)65(93)94)81-22-20-41-10-9-11-46(48(41)28-81)63(91)79-67-77-49-12-7-8-13-53(49)101-67/h7-14,16-17,19,26-27,38-39,50-52,55,57-61,83-89H,15,18,20-25,28-37,73H2,1-6H3,(H,75,92)(H,76,90)(H,93,94)(H,95,96)(H,77,79,91)/t39?,50-,51-,52+,55?,57+,58+,59-,60+,61+,69?,70?,71?,72?/m1/s1. The summed E-state index contributed by atoms with van der Waals surface area (Å²) in [7, 11) is 0. The van der Waals surface area contributed by atoms with E-state index in [9.17, 15) is 74.7 Å². The number of nitrogens with one attached hydrogen (secondary N) is 3. The molecule has 5 heterocycles. The highest BCUT2D eigenvalue weighted by atomic mass is 32.1. The molecule has 0 radical (unpaired) electrons. The van der Waals surface area contributed by atoms with Gasteiger partial charge in [0.1, 0.15) is 49.0 Å². The summed E-state index contributed by atoms with van der Waals surface area (Å²) in [6.45, 7) is 11.4. The molecule has 29 heteroatoms. The molecule has 4 amide bonds. The number of para-hydroxylation sites is 1. The molecule has 6 aromatic rings. The van der Waals surface area contributed by atoms with Gasteiger partial charge in [0.05, 0.1) is 53.5 Å². The van der Waals surface area contributed by atoms with Gasteiger partial charge in [0.25, 0.3) is 5.91 Å². The van der Waals surface area contributed by atoms with Crippen LogP contribution in [0.5, 0.6) is 0 Å². The van der Waals surface area contributed by atoms with Crippen LogP contribution in [0.15, 0.2) is 79.0 Å². The monoisotopic (exact) mass is 1420 g/mol. The van der Waals surface area contributed by atoms with Crippen molar-refractivity contribution in [1.29, 1.82) is 0 Å². The fourth-order valence-electron chi connectivity index (χ4n) is 16.8. The summed E-state index contributed by atoms with van der Waals surface area (Å²) >= 11 is 1.39. The summed E-state index contributed by atoms with van der Waals surface area (Å²) in [6.07, 6.45) is -7.85. The number of carboxylic acid groups (broad SMARTS) is 2. The van der Waals surface area contributed by atoms with Crippen LogP contribution in [0.1, 0.15) is 135 Å². The summed E-state index contributed by atoms with van der Waals surface area (Å²) in [5, 5.41) is 108. The predicted octanol–water partition coefficient (Wildman–Crippen LogP) is 4.91. The van der Waals surface area contributed by atoms with Crippen molar-refractivity contribution in [3.8, 4) is 11.1 Å². The number of aromatic carboxylic acids is 1. The Labute approximate surface area is 587 Å². The van der Waals surface area contributed by atoms with Crippen molar-refractivity contribution in [2.75, 3.05) is 48.4 Å². The number of hydrogen-bond donors (Lipinski definition) is 13. The lowest BCUT2D eigenvalue weighted by molar-refractivity contribution is -0.248. The zero-order valence-electron chi connectivity index (χ0n) is 57.5. The molecular weight excluding hydrogens is 1320 g/mol. The number of aliphatic carboxylic acids is 1. The second-order valence-electron chi connectivity index (χ2n) is 29.5. The maximum Gasteiger partial charge on any atom is 0.410 e. The zero-order chi connectivity index (χ0) is 72.6. The van der Waals surface area contributed by atoms with Crippen LogP contribution in [0, 0.1) is 29.1 Å². The van der Waals surface area contributed by atoms with Gasteiger partial charge in [0.2, 0.25) is 11.8 Å². The first-order chi connectivity index (χ1) is 47.9. The number of nitrogens with two attached hydrogens (primary N) is 1. The van der Waals surface area contributed by atoms with E-state index in [2.05, 4.69) is 34.8 Å². The molecule has 6 aliphatic rings. The smallest absolute Gasteiger partial charge is 0.410 e. The highest BCUT2D eigenvalue weighted by molar-refractivity contribution is 7.22. The highest BCUT2D eigenvalue weighted by Gasteiger charge is 2.66. The number of rotatable bonds is 28. The van der Waals surface area contributed by atoms with Gasteiger partial charge in [0, 0.05) is 60.8 Å². The largest absolute Gasteiger partial charge is 0.479 e. The van der Waals surface area contributed by atoms with Crippen LogP contribution in [0.3, 0.4) is 0 Å². The van der Waals surface area contributed by atoms with E-state index < -0.39 is 110 Å². The molecule has 4 aliphatic carbocycles. The Bertz CT molecular complexity index is 4020. The Morgan fingerprint density at radius 2 is 1.56 bits per heavy atom. The molecule has 3 aromatic heterocycles. The summed E-state index contributed by atoms with van der Waals surface area (Å²) < 4.78 is 21.6. The van der Waals surface area contributed by atoms with Crippen LogP contribution in [0.25, 0.3) is 21.3 Å². The molecule has 2 aliphatic heterocycles. The number of pyridine rings is 1. The molecule has 12 atom stereocenters. The molecule has 1 saturated heterocycles. The molecule has 544 valence electrons. The van der Waals surface area contributed by atoms with Crippen molar-refractivity contribution in [3.05, 3.63) is 118 Å². The van der Waals surface area contributed by atoms with E-state index in [-0.39, 0.29) is 78.4 Å². The van der Waals surface area contributed by atoms with Crippen LogP contribution < -0.4 is 26.6 Å². The number of nitrogens with zero attached hydrogens (tertiary/aromatic N) is 6. The second-order valence-corrected chi connectivity index (χ2v) is 30.5. The number of aryl methyl sites for hydroxylation is 1. The topological polar surface area (TPSA) is 424 Å². The summed E-state index contributed by atoms with van der Waals surface area (Å²) in [5.74, 6) is -3.95. The number of aliphatic hydroxyl groups excluding tert-OH is 7. The van der Waals surface area contributed by atoms with E-state index in [0.717, 1.165) is 59.1 Å². The van der Waals surface area contributed by atoms with Crippen molar-refractivity contribution >= 4 is 73.9 Å². The lowest BCUT2D eigenvalue weighted by Crippen LogP contribution is -2.64. The second kappa shape index (κ2) is 30.1. The normalized spacial score (nSPS) is 26.0. The quantitative estimate of drug-likeness (QED) is 0.0310. The predicted molar refractivity (Wildman–Crippen MR) is 371 cm³/mol. The first-order valence-corrected chi connectivity index (χ1v) is 35.1. The van der Waals surface area contributed by atoms with E-state index in [1.54, 1.807) is 44.3 Å². The minimum Gasteiger partial charge on any atom is -0.479 e. The minimum absolute atomic E-state index is 0.0101. The van der Waals surface area contributed by atoms with Gasteiger partial charge >= 0.3 is 18.0 Å². The lowest BCUT2D eigenvalue weighted by atomic mass is 9.39. The van der Waals surface area contributed by atoms with Gasteiger partial charge in [-0.05, 0) is 165 Å². The number of ether oxygens (including phenoxy) is 3. The number of aliphatic hydroxyl groups is 7. The fraction of sp³-hybridized carbons (Fsp3) is 0.542. The summed E-state index contributed by atoms with van der Waals surface area (Å²) in [5.41, 5.74) is 10.5. The SMILES string of the molecule is Cc1c(-c2ccc(N3CCc4cccc(C(=O)Nc5nc6ccccc6s5)c4C3)nc2C(=O)O)cnn1CC12CC3(C)CC(C)(C1)CC(OCCN(CC[C@@H](O)[C@H](O)[C@H](O)CO)C(=O)OCc1ccc(NC(=O)C(C)NC(=O)C(N)C(C)C)cc1CC[C@@H]1O[C@H](C(=O)O)[C@@H](O)[C@H](O)[C@H]1O)(C3)C2. The van der Waals surface area contributed by atoms with E-state index in [4.69, 9.17) is 30.0 Å². The Morgan fingerprint density at radius 3 is 2.27 bits per heavy atom. The van der Waals surface area contributed by atoms with Crippen LogP contribution >= 0.6 is 11.3 Å². The molecule has 4 unspecified atom stereocenters. The maximum absolute atomic E-state index is 14.5. The maximum atomic E-state index is 14.5. The van der Waals surface area contributed by atoms with Gasteiger partial charge in [-0.3, -0.25) is 24.4 Å². The molecule has 5 fully saturated rings. The molecular formula is C72H92N10O18S. The number of benzene rings is 3. The fourth-order valence-corrected chi connectivity index (χ4v) is 17.7. The van der Waals surface area contributed by atoms with Crippen molar-refractivity contribution < 1.29 is 88.9 Å². The van der Waals surface area contributed by atoms with Crippen molar-refractivity contribution in [2.45, 2.75) is 192 Å². The average molecular weight is 1420 g/mol. The highest BCUT2D eigenvalue weighted by Crippen LogP contribution is 2.72. The molecule has 28 nitrogen and oxygen atoms in total. The third-order valence-electron chi connectivity index (χ3n) is 20.9. The van der Waals surface area contributed by atoms with Gasteiger partial charge in [-0.15, -0.1) is 0 Å². The number of carbonyl (C=O) groups is 6. The molecule has 3 aromatic carbocycles. The Morgan fingerprint density at radius 1 is 0.822 bits per heavy atom. The van der Waals surface area contributed by atoms with Gasteiger partial charge in [0.15, 0.2) is 16.9 Å². The average Bonchev–Trinajstić information content (AvgIpc) is 1.01. The molecule has 0 spiro atoms. The van der Waals surface area contributed by atoms with E-state index in [1.807, 2.05) is 59.0 Å². The number of carboxylic acids is 2. The number of anilines is 3. The number of aromatic nitrogens is 4. The first kappa shape index (κ1) is 74.1. The summed E-state index contributed by atoms with van der Waals surface area (Å²) in [6, 6.07) is 19.6. The lowest BCUT2D eigenvalue weighted by Gasteiger charge is -2.69. The van der Waals surface area contributed by atoms with Crippen LogP contribution in [0.4, 0.5) is 21.4 Å². The molecule has 12 rings (SSSR count). The Balaban J connectivity index is 0.787.